The van der Waals surface area contributed by atoms with Crippen LogP contribution in [0.15, 0.2) is 48.1 Å². The Morgan fingerprint density at radius 2 is 1.75 bits per heavy atom. The first-order valence-electron chi connectivity index (χ1n) is 5.78. The number of hydrogen-bond donors (Lipinski definition) is 0. The summed E-state index contributed by atoms with van der Waals surface area (Å²) in [6.45, 7) is 7.58. The monoisotopic (exact) mass is 331 g/mol. The van der Waals surface area contributed by atoms with E-state index in [9.17, 15) is 4.79 Å². The van der Waals surface area contributed by atoms with Crippen LogP contribution in [0, 0.1) is 5.41 Å². The highest BCUT2D eigenvalue weighted by atomic mass is 35.6. The summed E-state index contributed by atoms with van der Waals surface area (Å²) in [4.78, 5) is 11.5. The summed E-state index contributed by atoms with van der Waals surface area (Å²) in [7, 11) is 0. The SMILES string of the molecule is C=CC(C)(C)/C(=N\[N]C(=O)C(Cl)(Cl)Cl)c1ccccc1. The second-order valence-corrected chi connectivity index (χ2v) is 6.92. The second-order valence-electron chi connectivity index (χ2n) is 4.64. The Morgan fingerprint density at radius 3 is 2.20 bits per heavy atom. The van der Waals surface area contributed by atoms with Gasteiger partial charge in [0, 0.05) is 5.41 Å². The third-order valence-corrected chi connectivity index (χ3v) is 3.14. The highest BCUT2D eigenvalue weighted by molar-refractivity contribution is 6.76. The van der Waals surface area contributed by atoms with E-state index < -0.39 is 15.1 Å². The van der Waals surface area contributed by atoms with Gasteiger partial charge in [-0.05, 0) is 5.56 Å². The number of alkyl halides is 3. The van der Waals surface area contributed by atoms with E-state index >= 15 is 0 Å². The van der Waals surface area contributed by atoms with E-state index in [-0.39, 0.29) is 0 Å². The molecule has 0 heterocycles. The second kappa shape index (κ2) is 6.61. The van der Waals surface area contributed by atoms with Crippen molar-refractivity contribution in [1.29, 1.82) is 0 Å². The molecule has 0 fully saturated rings. The molecule has 1 aromatic rings. The van der Waals surface area contributed by atoms with Crippen LogP contribution in [-0.2, 0) is 4.79 Å². The standard InChI is InChI=1S/C14H14Cl3N2O/c1-4-13(2,3)11(10-8-6-5-7-9-10)18-19-12(20)14(15,16)17/h4-9H,1H2,2-3H3/b18-11-. The van der Waals surface area contributed by atoms with E-state index in [1.165, 1.54) is 0 Å². The van der Waals surface area contributed by atoms with Gasteiger partial charge in [-0.2, -0.15) is 5.10 Å². The number of allylic oxidation sites excluding steroid dienone is 1. The van der Waals surface area contributed by atoms with Gasteiger partial charge in [0.05, 0.1) is 5.71 Å². The predicted octanol–water partition coefficient (Wildman–Crippen LogP) is 4.10. The molecule has 0 N–H and O–H groups in total. The van der Waals surface area contributed by atoms with E-state index in [1.54, 1.807) is 6.08 Å². The van der Waals surface area contributed by atoms with Crippen LogP contribution in [0.2, 0.25) is 0 Å². The number of hydrogen-bond acceptors (Lipinski definition) is 2. The van der Waals surface area contributed by atoms with Crippen LogP contribution >= 0.6 is 34.8 Å². The predicted molar refractivity (Wildman–Crippen MR) is 84.4 cm³/mol. The maximum atomic E-state index is 11.5. The van der Waals surface area contributed by atoms with E-state index in [4.69, 9.17) is 34.8 Å². The minimum atomic E-state index is -2.11. The Kier molecular flexibility index (Phi) is 5.63. The van der Waals surface area contributed by atoms with Gasteiger partial charge in [0.1, 0.15) is 0 Å². The molecule has 1 aromatic carbocycles. The molecule has 1 amide bonds. The topological polar surface area (TPSA) is 43.5 Å². The Labute approximate surface area is 133 Å². The van der Waals surface area contributed by atoms with Crippen LogP contribution in [-0.4, -0.2) is 15.4 Å². The van der Waals surface area contributed by atoms with E-state index in [2.05, 4.69) is 17.1 Å². The molecule has 0 saturated heterocycles. The smallest absolute Gasteiger partial charge is 0.266 e. The summed E-state index contributed by atoms with van der Waals surface area (Å²) in [6, 6.07) is 9.33. The van der Waals surface area contributed by atoms with Crippen LogP contribution in [0.1, 0.15) is 19.4 Å². The Morgan fingerprint density at radius 1 is 1.20 bits per heavy atom. The zero-order valence-electron chi connectivity index (χ0n) is 11.1. The first kappa shape index (κ1) is 17.0. The first-order valence-corrected chi connectivity index (χ1v) is 6.91. The molecule has 0 aromatic heterocycles. The van der Waals surface area contributed by atoms with Crippen LogP contribution in [0.4, 0.5) is 0 Å². The van der Waals surface area contributed by atoms with Gasteiger partial charge in [-0.3, -0.25) is 4.79 Å². The molecule has 0 aliphatic carbocycles. The average Bonchev–Trinajstić information content (AvgIpc) is 2.38. The molecule has 0 saturated carbocycles. The van der Waals surface area contributed by atoms with Gasteiger partial charge in [0.15, 0.2) is 0 Å². The molecule has 1 rings (SSSR count). The molecule has 0 bridgehead atoms. The summed E-state index contributed by atoms with van der Waals surface area (Å²) in [5.41, 5.74) is 4.39. The van der Waals surface area contributed by atoms with Gasteiger partial charge in [-0.25, -0.2) is 0 Å². The maximum Gasteiger partial charge on any atom is 0.316 e. The van der Waals surface area contributed by atoms with Crippen LogP contribution < -0.4 is 5.43 Å². The molecule has 0 aliphatic heterocycles. The minimum absolute atomic E-state index is 0.487. The lowest BCUT2D eigenvalue weighted by Gasteiger charge is -2.22. The van der Waals surface area contributed by atoms with Gasteiger partial charge < -0.3 is 0 Å². The molecular formula is C14H14Cl3N2O. The van der Waals surface area contributed by atoms with Crippen LogP contribution in [0.3, 0.4) is 0 Å². The summed E-state index contributed by atoms with van der Waals surface area (Å²) in [6.07, 6.45) is 1.72. The minimum Gasteiger partial charge on any atom is -0.266 e. The zero-order chi connectivity index (χ0) is 15.4. The summed E-state index contributed by atoms with van der Waals surface area (Å²) < 4.78 is -2.11. The van der Waals surface area contributed by atoms with Crippen molar-refractivity contribution in [3.8, 4) is 0 Å². The molecule has 3 nitrogen and oxygen atoms in total. The summed E-state index contributed by atoms with van der Waals surface area (Å²) >= 11 is 16.4. The molecule has 0 spiro atoms. The molecule has 107 valence electrons. The van der Waals surface area contributed by atoms with Crippen molar-refractivity contribution >= 4 is 46.4 Å². The maximum absolute atomic E-state index is 11.5. The fraction of sp³-hybridized carbons (Fsp3) is 0.286. The fourth-order valence-corrected chi connectivity index (χ4v) is 1.52. The number of carbonyl (C=O) groups is 1. The van der Waals surface area contributed by atoms with E-state index in [0.29, 0.717) is 5.71 Å². The number of halogens is 3. The van der Waals surface area contributed by atoms with Gasteiger partial charge in [0.2, 0.25) is 0 Å². The highest BCUT2D eigenvalue weighted by Gasteiger charge is 2.33. The lowest BCUT2D eigenvalue weighted by Crippen LogP contribution is -2.30. The Balaban J connectivity index is 3.14. The van der Waals surface area contributed by atoms with Crippen LogP contribution in [0.5, 0.6) is 0 Å². The van der Waals surface area contributed by atoms with Crippen molar-refractivity contribution in [2.45, 2.75) is 17.6 Å². The van der Waals surface area contributed by atoms with Gasteiger partial charge in [0.25, 0.3) is 3.79 Å². The van der Waals surface area contributed by atoms with E-state index in [1.807, 2.05) is 44.2 Å². The third-order valence-electron chi connectivity index (χ3n) is 2.65. The zero-order valence-corrected chi connectivity index (χ0v) is 13.4. The molecule has 0 aliphatic rings. The van der Waals surface area contributed by atoms with Gasteiger partial charge in [-0.1, -0.05) is 85.1 Å². The van der Waals surface area contributed by atoms with Crippen molar-refractivity contribution in [3.05, 3.63) is 48.6 Å². The first-order chi connectivity index (χ1) is 9.18. The molecule has 6 heteroatoms. The fourth-order valence-electron chi connectivity index (χ4n) is 1.40. The van der Waals surface area contributed by atoms with Crippen molar-refractivity contribution in [3.63, 3.8) is 0 Å². The molecular weight excluding hydrogens is 319 g/mol. The quantitative estimate of drug-likeness (QED) is 0.354. The van der Waals surface area contributed by atoms with Crippen molar-refractivity contribution < 1.29 is 4.79 Å². The lowest BCUT2D eigenvalue weighted by atomic mass is 9.84. The summed E-state index contributed by atoms with van der Waals surface area (Å²) in [5, 5.41) is 3.97. The van der Waals surface area contributed by atoms with Crippen molar-refractivity contribution in [2.24, 2.45) is 10.5 Å². The van der Waals surface area contributed by atoms with Gasteiger partial charge >= 0.3 is 5.91 Å². The number of nitrogens with zero attached hydrogens (tertiary/aromatic N) is 2. The average molecular weight is 333 g/mol. The third kappa shape index (κ3) is 4.51. The van der Waals surface area contributed by atoms with E-state index in [0.717, 1.165) is 5.56 Å². The number of carbonyl (C=O) groups excluding carboxylic acids is 1. The van der Waals surface area contributed by atoms with Crippen molar-refractivity contribution in [1.82, 2.24) is 5.43 Å². The highest BCUT2D eigenvalue weighted by Crippen LogP contribution is 2.27. The molecule has 20 heavy (non-hydrogen) atoms. The number of amides is 1. The summed E-state index contributed by atoms with van der Waals surface area (Å²) in [5.74, 6) is -0.934. The lowest BCUT2D eigenvalue weighted by molar-refractivity contribution is -0.120. The normalized spacial score (nSPS) is 12.9. The largest absolute Gasteiger partial charge is 0.316 e. The number of rotatable bonds is 4. The number of benzene rings is 1. The van der Waals surface area contributed by atoms with Gasteiger partial charge in [-0.15, -0.1) is 12.0 Å². The Hall–Kier alpha value is -1.03. The molecule has 1 radical (unpaired) electrons. The van der Waals surface area contributed by atoms with Crippen molar-refractivity contribution in [2.75, 3.05) is 0 Å². The van der Waals surface area contributed by atoms with Crippen LogP contribution in [0.25, 0.3) is 0 Å². The molecule has 0 unspecified atom stereocenters. The Bertz CT molecular complexity index is 519. The molecule has 0 atom stereocenters.